The van der Waals surface area contributed by atoms with Crippen LogP contribution in [-0.2, 0) is 0 Å². The Morgan fingerprint density at radius 2 is 2.55 bits per heavy atom. The molecule has 1 aliphatic rings. The molecule has 1 aromatic rings. The number of aromatic nitrogens is 2. The van der Waals surface area contributed by atoms with Gasteiger partial charge in [0.1, 0.15) is 5.69 Å². The molecule has 0 aliphatic heterocycles. The van der Waals surface area contributed by atoms with Crippen LogP contribution >= 0.6 is 0 Å². The lowest BCUT2D eigenvalue weighted by molar-refractivity contribution is 0.0972. The van der Waals surface area contributed by atoms with Crippen molar-refractivity contribution in [3.8, 4) is 0 Å². The number of ketones is 1. The third-order valence-corrected chi connectivity index (χ3v) is 1.97. The Labute approximate surface area is 64.8 Å². The normalized spacial score (nSPS) is 16.7. The first kappa shape index (κ1) is 6.58. The van der Waals surface area contributed by atoms with Gasteiger partial charge in [0.2, 0.25) is 0 Å². The number of carbonyl (C=O) groups is 1. The van der Waals surface area contributed by atoms with Crippen LogP contribution in [0.15, 0.2) is 12.5 Å². The van der Waals surface area contributed by atoms with E-state index in [4.69, 9.17) is 0 Å². The minimum absolute atomic E-state index is 0.199. The fourth-order valence-electron chi connectivity index (χ4n) is 1.10. The second kappa shape index (κ2) is 2.49. The Balaban J connectivity index is 1.99. The summed E-state index contributed by atoms with van der Waals surface area (Å²) in [7, 11) is 0. The molecular formula is C8H10N2O. The number of aromatic amines is 1. The first-order valence-electron chi connectivity index (χ1n) is 3.88. The van der Waals surface area contributed by atoms with E-state index in [1.54, 1.807) is 12.5 Å². The Hall–Kier alpha value is -1.12. The van der Waals surface area contributed by atoms with Crippen LogP contribution < -0.4 is 0 Å². The summed E-state index contributed by atoms with van der Waals surface area (Å²) in [4.78, 5) is 17.9. The first-order chi connectivity index (χ1) is 5.36. The molecule has 11 heavy (non-hydrogen) atoms. The number of nitrogens with one attached hydrogen (secondary N) is 1. The summed E-state index contributed by atoms with van der Waals surface area (Å²) in [6.45, 7) is 0. The van der Waals surface area contributed by atoms with Crippen LogP contribution in [-0.4, -0.2) is 15.8 Å². The maximum absolute atomic E-state index is 11.3. The zero-order chi connectivity index (χ0) is 7.68. The zero-order valence-electron chi connectivity index (χ0n) is 6.21. The number of hydrogen-bond donors (Lipinski definition) is 1. The van der Waals surface area contributed by atoms with E-state index in [9.17, 15) is 4.79 Å². The molecule has 0 spiro atoms. The van der Waals surface area contributed by atoms with E-state index in [1.165, 1.54) is 12.8 Å². The van der Waals surface area contributed by atoms with Crippen LogP contribution in [0.4, 0.5) is 0 Å². The average molecular weight is 150 g/mol. The predicted molar refractivity (Wildman–Crippen MR) is 40.3 cm³/mol. The maximum atomic E-state index is 11.3. The number of rotatable bonds is 3. The molecule has 0 amide bonds. The SMILES string of the molecule is O=C(CC1CC1)c1cnc[nH]1. The van der Waals surface area contributed by atoms with Gasteiger partial charge in [0.15, 0.2) is 5.78 Å². The molecule has 1 saturated carbocycles. The summed E-state index contributed by atoms with van der Waals surface area (Å²) >= 11 is 0. The summed E-state index contributed by atoms with van der Waals surface area (Å²) in [5.74, 6) is 0.857. The number of carbonyl (C=O) groups excluding carboxylic acids is 1. The van der Waals surface area contributed by atoms with Crippen LogP contribution in [0.1, 0.15) is 29.8 Å². The van der Waals surface area contributed by atoms with Crippen LogP contribution in [0.3, 0.4) is 0 Å². The van der Waals surface area contributed by atoms with Crippen molar-refractivity contribution in [2.45, 2.75) is 19.3 Å². The predicted octanol–water partition coefficient (Wildman–Crippen LogP) is 1.39. The second-order valence-corrected chi connectivity index (χ2v) is 3.04. The standard InChI is InChI=1S/C8H10N2O/c11-8(3-6-1-2-6)7-4-9-5-10-7/h4-6H,1-3H2,(H,9,10). The highest BCUT2D eigenvalue weighted by Crippen LogP contribution is 2.33. The Morgan fingerprint density at radius 3 is 3.09 bits per heavy atom. The molecule has 3 nitrogen and oxygen atoms in total. The van der Waals surface area contributed by atoms with Crippen molar-refractivity contribution >= 4 is 5.78 Å². The lowest BCUT2D eigenvalue weighted by Gasteiger charge is -1.92. The van der Waals surface area contributed by atoms with Gasteiger partial charge in [-0.15, -0.1) is 0 Å². The van der Waals surface area contributed by atoms with Gasteiger partial charge >= 0.3 is 0 Å². The third kappa shape index (κ3) is 1.48. The smallest absolute Gasteiger partial charge is 0.180 e. The molecule has 1 aliphatic carbocycles. The molecule has 1 heterocycles. The number of hydrogen-bond acceptors (Lipinski definition) is 2. The van der Waals surface area contributed by atoms with Crippen molar-refractivity contribution in [1.29, 1.82) is 0 Å². The summed E-state index contributed by atoms with van der Waals surface area (Å²) in [6.07, 6.45) is 6.27. The van der Waals surface area contributed by atoms with Crippen molar-refractivity contribution < 1.29 is 4.79 Å². The summed E-state index contributed by atoms with van der Waals surface area (Å²) in [5.41, 5.74) is 0.650. The molecule has 0 atom stereocenters. The average Bonchev–Trinajstić information content (AvgIpc) is 2.67. The van der Waals surface area contributed by atoms with E-state index in [0.29, 0.717) is 18.0 Å². The number of Topliss-reactive ketones (excluding diaryl/α,β-unsaturated/α-hetero) is 1. The minimum atomic E-state index is 0.199. The molecule has 0 bridgehead atoms. The van der Waals surface area contributed by atoms with Gasteiger partial charge in [0, 0.05) is 6.42 Å². The highest BCUT2D eigenvalue weighted by atomic mass is 16.1. The van der Waals surface area contributed by atoms with Crippen molar-refractivity contribution in [2.75, 3.05) is 0 Å². The fraction of sp³-hybridized carbons (Fsp3) is 0.500. The number of imidazole rings is 1. The third-order valence-electron chi connectivity index (χ3n) is 1.97. The van der Waals surface area contributed by atoms with Gasteiger partial charge in [0.05, 0.1) is 12.5 Å². The molecule has 58 valence electrons. The number of H-pyrrole nitrogens is 1. The highest BCUT2D eigenvalue weighted by Gasteiger charge is 2.25. The lowest BCUT2D eigenvalue weighted by atomic mass is 10.2. The van der Waals surface area contributed by atoms with E-state index in [1.807, 2.05) is 0 Å². The zero-order valence-corrected chi connectivity index (χ0v) is 6.21. The molecule has 3 heteroatoms. The Morgan fingerprint density at radius 1 is 1.73 bits per heavy atom. The first-order valence-corrected chi connectivity index (χ1v) is 3.88. The van der Waals surface area contributed by atoms with E-state index in [2.05, 4.69) is 9.97 Å². The lowest BCUT2D eigenvalue weighted by Crippen LogP contribution is -1.99. The molecular weight excluding hydrogens is 140 g/mol. The van der Waals surface area contributed by atoms with Crippen molar-refractivity contribution in [3.63, 3.8) is 0 Å². The monoisotopic (exact) mass is 150 g/mol. The van der Waals surface area contributed by atoms with E-state index in [0.717, 1.165) is 0 Å². The molecule has 0 saturated heterocycles. The van der Waals surface area contributed by atoms with Crippen molar-refractivity contribution in [2.24, 2.45) is 5.92 Å². The van der Waals surface area contributed by atoms with Crippen LogP contribution in [0.25, 0.3) is 0 Å². The number of nitrogens with zero attached hydrogens (tertiary/aromatic N) is 1. The van der Waals surface area contributed by atoms with E-state index >= 15 is 0 Å². The van der Waals surface area contributed by atoms with Crippen molar-refractivity contribution in [1.82, 2.24) is 9.97 Å². The van der Waals surface area contributed by atoms with Gasteiger partial charge in [-0.05, 0) is 18.8 Å². The molecule has 0 unspecified atom stereocenters. The van der Waals surface area contributed by atoms with Gasteiger partial charge in [-0.25, -0.2) is 4.98 Å². The largest absolute Gasteiger partial charge is 0.342 e. The maximum Gasteiger partial charge on any atom is 0.180 e. The fourth-order valence-corrected chi connectivity index (χ4v) is 1.10. The summed E-state index contributed by atoms with van der Waals surface area (Å²) < 4.78 is 0. The minimum Gasteiger partial charge on any atom is -0.342 e. The Bertz CT molecular complexity index is 249. The van der Waals surface area contributed by atoms with Crippen LogP contribution in [0.5, 0.6) is 0 Å². The van der Waals surface area contributed by atoms with Crippen LogP contribution in [0, 0.1) is 5.92 Å². The Kier molecular flexibility index (Phi) is 1.49. The molecule has 2 rings (SSSR count). The highest BCUT2D eigenvalue weighted by molar-refractivity contribution is 5.94. The van der Waals surface area contributed by atoms with E-state index in [-0.39, 0.29) is 5.78 Å². The quantitative estimate of drug-likeness (QED) is 0.662. The van der Waals surface area contributed by atoms with Crippen LogP contribution in [0.2, 0.25) is 0 Å². The van der Waals surface area contributed by atoms with Gasteiger partial charge in [0.25, 0.3) is 0 Å². The van der Waals surface area contributed by atoms with Gasteiger partial charge in [-0.3, -0.25) is 4.79 Å². The molecule has 1 aromatic heterocycles. The molecule has 0 aromatic carbocycles. The molecule has 1 N–H and O–H groups in total. The molecule has 1 fully saturated rings. The van der Waals surface area contributed by atoms with Gasteiger partial charge in [-0.1, -0.05) is 0 Å². The van der Waals surface area contributed by atoms with E-state index < -0.39 is 0 Å². The van der Waals surface area contributed by atoms with Crippen molar-refractivity contribution in [3.05, 3.63) is 18.2 Å². The van der Waals surface area contributed by atoms with Gasteiger partial charge < -0.3 is 4.98 Å². The summed E-state index contributed by atoms with van der Waals surface area (Å²) in [6, 6.07) is 0. The van der Waals surface area contributed by atoms with Gasteiger partial charge in [-0.2, -0.15) is 0 Å². The topological polar surface area (TPSA) is 45.8 Å². The summed E-state index contributed by atoms with van der Waals surface area (Å²) in [5, 5.41) is 0. The molecule has 0 radical (unpaired) electrons. The second-order valence-electron chi connectivity index (χ2n) is 3.04.